The van der Waals surface area contributed by atoms with Crippen LogP contribution in [0.4, 0.5) is 0 Å². The SMILES string of the molecule is C=C[C@@H](C)[C@@H](C)C(=CC(=O)O)N1CCCC1C. The standard InChI is InChI=1S/C14H23NO2/c1-5-10(2)12(4)13(9-14(16)17)15-8-6-7-11(15)3/h5,9-12H,1,6-8H2,2-4H3,(H,16,17)/t10-,11?,12-/m1/s1. The summed E-state index contributed by atoms with van der Waals surface area (Å²) in [6, 6.07) is 0.445. The lowest BCUT2D eigenvalue weighted by Crippen LogP contribution is -2.31. The van der Waals surface area contributed by atoms with Crippen molar-refractivity contribution in [2.45, 2.75) is 39.7 Å². The van der Waals surface area contributed by atoms with Gasteiger partial charge in [-0.3, -0.25) is 0 Å². The predicted molar refractivity (Wildman–Crippen MR) is 69.6 cm³/mol. The molecular formula is C14H23NO2. The van der Waals surface area contributed by atoms with Crippen molar-refractivity contribution in [1.82, 2.24) is 4.90 Å². The van der Waals surface area contributed by atoms with Crippen molar-refractivity contribution in [3.05, 3.63) is 24.4 Å². The quantitative estimate of drug-likeness (QED) is 0.590. The lowest BCUT2D eigenvalue weighted by atomic mass is 9.91. The van der Waals surface area contributed by atoms with Gasteiger partial charge in [-0.1, -0.05) is 19.9 Å². The number of carbonyl (C=O) groups is 1. The highest BCUT2D eigenvalue weighted by atomic mass is 16.4. The second-order valence-electron chi connectivity index (χ2n) is 4.98. The molecule has 0 aliphatic carbocycles. The zero-order valence-electron chi connectivity index (χ0n) is 11.0. The van der Waals surface area contributed by atoms with E-state index in [1.165, 1.54) is 6.08 Å². The third kappa shape index (κ3) is 3.35. The molecule has 3 nitrogen and oxygen atoms in total. The first-order chi connectivity index (χ1) is 7.97. The highest BCUT2D eigenvalue weighted by Crippen LogP contribution is 2.30. The molecule has 1 aliphatic rings. The first kappa shape index (κ1) is 13.8. The highest BCUT2D eigenvalue weighted by molar-refractivity contribution is 5.80. The van der Waals surface area contributed by atoms with Crippen molar-refractivity contribution in [2.24, 2.45) is 11.8 Å². The van der Waals surface area contributed by atoms with E-state index in [0.717, 1.165) is 25.1 Å². The molecule has 1 aliphatic heterocycles. The Labute approximate surface area is 104 Å². The molecule has 3 heteroatoms. The van der Waals surface area contributed by atoms with Gasteiger partial charge in [-0.25, -0.2) is 4.79 Å². The Morgan fingerprint density at radius 1 is 1.53 bits per heavy atom. The van der Waals surface area contributed by atoms with Gasteiger partial charge in [0.15, 0.2) is 0 Å². The predicted octanol–water partition coefficient (Wildman–Crippen LogP) is 2.90. The third-order valence-electron chi connectivity index (χ3n) is 3.78. The smallest absolute Gasteiger partial charge is 0.330 e. The number of carboxylic acid groups (broad SMARTS) is 1. The van der Waals surface area contributed by atoms with Crippen LogP contribution in [0.1, 0.15) is 33.6 Å². The van der Waals surface area contributed by atoms with Crippen LogP contribution in [0.15, 0.2) is 24.4 Å². The number of carboxylic acids is 1. The fourth-order valence-corrected chi connectivity index (χ4v) is 2.39. The molecule has 96 valence electrons. The van der Waals surface area contributed by atoms with E-state index in [1.807, 2.05) is 6.08 Å². The van der Waals surface area contributed by atoms with Crippen LogP contribution in [0.5, 0.6) is 0 Å². The molecular weight excluding hydrogens is 214 g/mol. The van der Waals surface area contributed by atoms with E-state index in [-0.39, 0.29) is 11.8 Å². The maximum atomic E-state index is 11.0. The molecule has 0 bridgehead atoms. The van der Waals surface area contributed by atoms with Crippen molar-refractivity contribution in [1.29, 1.82) is 0 Å². The van der Waals surface area contributed by atoms with E-state index in [4.69, 9.17) is 5.11 Å². The van der Waals surface area contributed by atoms with Gasteiger partial charge in [-0.15, -0.1) is 6.58 Å². The Balaban J connectivity index is 2.95. The fourth-order valence-electron chi connectivity index (χ4n) is 2.39. The lowest BCUT2D eigenvalue weighted by molar-refractivity contribution is -0.131. The van der Waals surface area contributed by atoms with Crippen molar-refractivity contribution in [3.63, 3.8) is 0 Å². The van der Waals surface area contributed by atoms with Crippen LogP contribution in [-0.2, 0) is 4.79 Å². The van der Waals surface area contributed by atoms with Crippen LogP contribution in [0.3, 0.4) is 0 Å². The van der Waals surface area contributed by atoms with Gasteiger partial charge in [0.25, 0.3) is 0 Å². The van der Waals surface area contributed by atoms with Crippen LogP contribution >= 0.6 is 0 Å². The van der Waals surface area contributed by atoms with Gasteiger partial charge in [-0.2, -0.15) is 0 Å². The van der Waals surface area contributed by atoms with Gasteiger partial charge < -0.3 is 10.0 Å². The van der Waals surface area contributed by atoms with E-state index in [9.17, 15) is 4.79 Å². The Morgan fingerprint density at radius 3 is 2.59 bits per heavy atom. The Hall–Kier alpha value is -1.25. The molecule has 0 radical (unpaired) electrons. The third-order valence-corrected chi connectivity index (χ3v) is 3.78. The second kappa shape index (κ2) is 5.89. The molecule has 17 heavy (non-hydrogen) atoms. The first-order valence-electron chi connectivity index (χ1n) is 6.31. The van der Waals surface area contributed by atoms with Crippen molar-refractivity contribution in [3.8, 4) is 0 Å². The zero-order valence-corrected chi connectivity index (χ0v) is 11.0. The molecule has 1 fully saturated rings. The van der Waals surface area contributed by atoms with E-state index < -0.39 is 5.97 Å². The monoisotopic (exact) mass is 237 g/mol. The number of aliphatic carboxylic acids is 1. The average Bonchev–Trinajstić information content (AvgIpc) is 2.70. The fraction of sp³-hybridized carbons (Fsp3) is 0.643. The summed E-state index contributed by atoms with van der Waals surface area (Å²) in [5, 5.41) is 9.00. The number of likely N-dealkylation sites (tertiary alicyclic amines) is 1. The minimum atomic E-state index is -0.859. The largest absolute Gasteiger partial charge is 0.478 e. The molecule has 1 heterocycles. The lowest BCUT2D eigenvalue weighted by Gasteiger charge is -2.32. The molecule has 0 saturated carbocycles. The molecule has 0 aromatic carbocycles. The summed E-state index contributed by atoms with van der Waals surface area (Å²) in [6.45, 7) is 11.1. The minimum Gasteiger partial charge on any atom is -0.478 e. The molecule has 1 rings (SSSR count). The summed E-state index contributed by atoms with van der Waals surface area (Å²) in [5.74, 6) is -0.375. The van der Waals surface area contributed by atoms with Crippen molar-refractivity contribution >= 4 is 5.97 Å². The van der Waals surface area contributed by atoms with Crippen molar-refractivity contribution in [2.75, 3.05) is 6.54 Å². The van der Waals surface area contributed by atoms with Gasteiger partial charge in [0.1, 0.15) is 0 Å². The first-order valence-corrected chi connectivity index (χ1v) is 6.31. The van der Waals surface area contributed by atoms with Crippen LogP contribution in [0.25, 0.3) is 0 Å². The van der Waals surface area contributed by atoms with Crippen LogP contribution in [-0.4, -0.2) is 28.6 Å². The summed E-state index contributed by atoms with van der Waals surface area (Å²) in [4.78, 5) is 13.2. The summed E-state index contributed by atoms with van der Waals surface area (Å²) in [6.07, 6.45) is 5.55. The topological polar surface area (TPSA) is 40.5 Å². The molecule has 0 amide bonds. The van der Waals surface area contributed by atoms with Crippen LogP contribution in [0.2, 0.25) is 0 Å². The van der Waals surface area contributed by atoms with Gasteiger partial charge in [-0.05, 0) is 25.7 Å². The van der Waals surface area contributed by atoms with Crippen LogP contribution in [0, 0.1) is 11.8 Å². The minimum absolute atomic E-state index is 0.198. The van der Waals surface area contributed by atoms with Crippen molar-refractivity contribution < 1.29 is 9.90 Å². The van der Waals surface area contributed by atoms with Crippen LogP contribution < -0.4 is 0 Å². The molecule has 0 aromatic heterocycles. The number of hydrogen-bond donors (Lipinski definition) is 1. The number of allylic oxidation sites excluding steroid dienone is 2. The van der Waals surface area contributed by atoms with Gasteiger partial charge in [0.05, 0.1) is 0 Å². The maximum Gasteiger partial charge on any atom is 0.330 e. The highest BCUT2D eigenvalue weighted by Gasteiger charge is 2.27. The normalized spacial score (nSPS) is 24.5. The molecule has 0 spiro atoms. The molecule has 1 unspecified atom stereocenters. The number of hydrogen-bond acceptors (Lipinski definition) is 2. The molecule has 1 saturated heterocycles. The Bertz CT molecular complexity index is 322. The zero-order chi connectivity index (χ0) is 13.0. The van der Waals surface area contributed by atoms with E-state index in [1.54, 1.807) is 0 Å². The number of nitrogens with zero attached hydrogens (tertiary/aromatic N) is 1. The summed E-state index contributed by atoms with van der Waals surface area (Å²) in [7, 11) is 0. The number of rotatable bonds is 5. The van der Waals surface area contributed by atoms with Gasteiger partial charge in [0, 0.05) is 30.3 Å². The molecule has 0 aromatic rings. The summed E-state index contributed by atoms with van der Waals surface area (Å²) in [5.41, 5.74) is 0.940. The molecule has 1 N–H and O–H groups in total. The van der Waals surface area contributed by atoms with Gasteiger partial charge in [0.2, 0.25) is 0 Å². The van der Waals surface area contributed by atoms with Gasteiger partial charge >= 0.3 is 5.97 Å². The summed E-state index contributed by atoms with van der Waals surface area (Å²) < 4.78 is 0. The molecule has 3 atom stereocenters. The van der Waals surface area contributed by atoms with E-state index in [2.05, 4.69) is 32.3 Å². The Morgan fingerprint density at radius 2 is 2.18 bits per heavy atom. The second-order valence-corrected chi connectivity index (χ2v) is 4.98. The Kier molecular flexibility index (Phi) is 4.79. The van der Waals surface area contributed by atoms with E-state index in [0.29, 0.717) is 6.04 Å². The average molecular weight is 237 g/mol. The summed E-state index contributed by atoms with van der Waals surface area (Å²) >= 11 is 0. The van der Waals surface area contributed by atoms with E-state index >= 15 is 0 Å². The maximum absolute atomic E-state index is 11.0.